The molecule has 2 atom stereocenters. The molecule has 2 aliphatic rings. The predicted molar refractivity (Wildman–Crippen MR) is 102 cm³/mol. The normalized spacial score (nSPS) is 21.0. The summed E-state index contributed by atoms with van der Waals surface area (Å²) in [5.74, 6) is 0.416. The molecule has 1 saturated heterocycles. The minimum absolute atomic E-state index is 0.0830. The summed E-state index contributed by atoms with van der Waals surface area (Å²) in [5, 5.41) is 9.38. The molecule has 0 radical (unpaired) electrons. The van der Waals surface area contributed by atoms with Crippen LogP contribution in [-0.2, 0) is 6.42 Å². The molecule has 1 N–H and O–H groups in total. The fraction of sp³-hybridized carbons (Fsp3) is 0.318. The van der Waals surface area contributed by atoms with Crippen molar-refractivity contribution in [3.8, 4) is 6.07 Å². The van der Waals surface area contributed by atoms with Gasteiger partial charge in [0.05, 0.1) is 29.0 Å². The maximum atomic E-state index is 13.3. The minimum Gasteiger partial charge on any atom is -0.345 e. The predicted octanol–water partition coefficient (Wildman–Crippen LogP) is 3.69. The quantitative estimate of drug-likeness (QED) is 0.723. The molecule has 0 bridgehead atoms. The maximum Gasteiger partial charge on any atom is 0.254 e. The largest absolute Gasteiger partial charge is 0.345 e. The van der Waals surface area contributed by atoms with Crippen molar-refractivity contribution in [3.05, 3.63) is 64.5 Å². The molecule has 134 valence electrons. The van der Waals surface area contributed by atoms with Crippen LogP contribution in [0.25, 0.3) is 11.0 Å². The molecule has 1 fully saturated rings. The number of benzene rings is 2. The van der Waals surface area contributed by atoms with Crippen molar-refractivity contribution in [1.82, 2.24) is 14.9 Å². The first-order valence-electron chi connectivity index (χ1n) is 9.43. The zero-order valence-corrected chi connectivity index (χ0v) is 15.2. The molecule has 5 heteroatoms. The number of aromatic nitrogens is 2. The van der Waals surface area contributed by atoms with Crippen molar-refractivity contribution >= 4 is 16.9 Å². The van der Waals surface area contributed by atoms with E-state index in [1.165, 1.54) is 11.1 Å². The first-order valence-corrected chi connectivity index (χ1v) is 9.43. The Hall–Kier alpha value is -3.13. The molecular weight excluding hydrogens is 336 g/mol. The zero-order chi connectivity index (χ0) is 18.5. The number of amides is 1. The Morgan fingerprint density at radius 2 is 2.22 bits per heavy atom. The van der Waals surface area contributed by atoms with E-state index in [1.807, 2.05) is 30.0 Å². The van der Waals surface area contributed by atoms with Gasteiger partial charge in [-0.15, -0.1) is 0 Å². The lowest BCUT2D eigenvalue weighted by molar-refractivity contribution is 0.0595. The standard InChI is InChI=1S/C22H20N4O/c1-13-7-15-10-21-17(18(15)8-16(13)11-23)3-2-6-26(21)22(27)14-4-5-19-20(9-14)25-12-24-19/h4-5,7-9,12,17,21H,2-3,6,10H2,1H3,(H,24,25)/t17-,21+/m1/s1. The van der Waals surface area contributed by atoms with Crippen LogP contribution < -0.4 is 0 Å². The van der Waals surface area contributed by atoms with Gasteiger partial charge in [0, 0.05) is 24.1 Å². The zero-order valence-electron chi connectivity index (χ0n) is 15.2. The summed E-state index contributed by atoms with van der Waals surface area (Å²) in [6.07, 6.45) is 4.60. The van der Waals surface area contributed by atoms with E-state index in [0.29, 0.717) is 11.5 Å². The van der Waals surface area contributed by atoms with Crippen molar-refractivity contribution in [2.45, 2.75) is 38.1 Å². The third-order valence-corrected chi connectivity index (χ3v) is 6.14. The summed E-state index contributed by atoms with van der Waals surface area (Å²) in [6, 6.07) is 12.4. The number of carbonyl (C=O) groups excluding carboxylic acids is 1. The summed E-state index contributed by atoms with van der Waals surface area (Å²) in [6.45, 7) is 2.78. The van der Waals surface area contributed by atoms with Crippen LogP contribution >= 0.6 is 0 Å². The lowest BCUT2D eigenvalue weighted by Gasteiger charge is -2.38. The Balaban J connectivity index is 1.49. The van der Waals surface area contributed by atoms with E-state index in [0.717, 1.165) is 48.0 Å². The summed E-state index contributed by atoms with van der Waals surface area (Å²) in [4.78, 5) is 22.7. The molecule has 5 rings (SSSR count). The van der Waals surface area contributed by atoms with Crippen LogP contribution in [0.1, 0.15) is 51.4 Å². The average molecular weight is 356 g/mol. The summed E-state index contributed by atoms with van der Waals surface area (Å²) >= 11 is 0. The number of nitrogens with one attached hydrogen (secondary N) is 1. The number of nitrogens with zero attached hydrogens (tertiary/aromatic N) is 3. The Bertz CT molecular complexity index is 1110. The maximum absolute atomic E-state index is 13.3. The van der Waals surface area contributed by atoms with Gasteiger partial charge in [-0.1, -0.05) is 6.07 Å². The van der Waals surface area contributed by atoms with Crippen LogP contribution in [0.15, 0.2) is 36.7 Å². The number of hydrogen-bond donors (Lipinski definition) is 1. The molecule has 0 unspecified atom stereocenters. The molecular formula is C22H20N4O. The summed E-state index contributed by atoms with van der Waals surface area (Å²) < 4.78 is 0. The number of aryl methyl sites for hydroxylation is 1. The van der Waals surface area contributed by atoms with Crippen LogP contribution in [0.3, 0.4) is 0 Å². The molecule has 27 heavy (non-hydrogen) atoms. The molecule has 0 spiro atoms. The third kappa shape index (κ3) is 2.44. The Labute approximate surface area is 157 Å². The fourth-order valence-corrected chi connectivity index (χ4v) is 4.81. The highest BCUT2D eigenvalue weighted by Crippen LogP contribution is 2.43. The minimum atomic E-state index is 0.0830. The first kappa shape index (κ1) is 16.1. The van der Waals surface area contributed by atoms with Gasteiger partial charge in [-0.3, -0.25) is 4.79 Å². The van der Waals surface area contributed by atoms with E-state index in [-0.39, 0.29) is 11.9 Å². The van der Waals surface area contributed by atoms with Crippen LogP contribution in [0.4, 0.5) is 0 Å². The Morgan fingerprint density at radius 1 is 1.33 bits per heavy atom. The average Bonchev–Trinajstić information content (AvgIpc) is 3.29. The number of likely N-dealkylation sites (tertiary alicyclic amines) is 1. The molecule has 1 aliphatic carbocycles. The van der Waals surface area contributed by atoms with E-state index in [1.54, 1.807) is 6.33 Å². The van der Waals surface area contributed by atoms with Crippen LogP contribution in [-0.4, -0.2) is 33.4 Å². The van der Waals surface area contributed by atoms with Gasteiger partial charge in [-0.25, -0.2) is 4.98 Å². The highest BCUT2D eigenvalue weighted by atomic mass is 16.2. The number of rotatable bonds is 1. The van der Waals surface area contributed by atoms with Crippen molar-refractivity contribution in [2.24, 2.45) is 0 Å². The van der Waals surface area contributed by atoms with Crippen molar-refractivity contribution < 1.29 is 4.79 Å². The van der Waals surface area contributed by atoms with E-state index in [2.05, 4.69) is 28.2 Å². The SMILES string of the molecule is Cc1cc2c(cc1C#N)[C@H]1CCCN(C(=O)c3ccc4[nH]cnc4c3)[C@H]1C2. The first-order chi connectivity index (χ1) is 13.2. The van der Waals surface area contributed by atoms with E-state index < -0.39 is 0 Å². The van der Waals surface area contributed by atoms with E-state index in [4.69, 9.17) is 0 Å². The molecule has 0 saturated carbocycles. The van der Waals surface area contributed by atoms with Gasteiger partial charge in [0.15, 0.2) is 0 Å². The second-order valence-corrected chi connectivity index (χ2v) is 7.63. The highest BCUT2D eigenvalue weighted by molar-refractivity contribution is 5.97. The van der Waals surface area contributed by atoms with E-state index >= 15 is 0 Å². The van der Waals surface area contributed by atoms with Gasteiger partial charge < -0.3 is 9.88 Å². The second kappa shape index (κ2) is 5.95. The van der Waals surface area contributed by atoms with Crippen molar-refractivity contribution in [3.63, 3.8) is 0 Å². The Kier molecular flexibility index (Phi) is 3.54. The number of H-pyrrole nitrogens is 1. The lowest BCUT2D eigenvalue weighted by atomic mass is 9.87. The van der Waals surface area contributed by atoms with E-state index in [9.17, 15) is 10.1 Å². The lowest BCUT2D eigenvalue weighted by Crippen LogP contribution is -2.46. The van der Waals surface area contributed by atoms with Crippen LogP contribution in [0.2, 0.25) is 0 Å². The van der Waals surface area contributed by atoms with Gasteiger partial charge in [-0.05, 0) is 67.1 Å². The highest BCUT2D eigenvalue weighted by Gasteiger charge is 2.41. The van der Waals surface area contributed by atoms with Gasteiger partial charge in [0.2, 0.25) is 0 Å². The Morgan fingerprint density at radius 3 is 3.07 bits per heavy atom. The number of piperidine rings is 1. The number of imidazole rings is 1. The number of carbonyl (C=O) groups is 1. The summed E-state index contributed by atoms with van der Waals surface area (Å²) in [7, 11) is 0. The molecule has 2 aromatic carbocycles. The monoisotopic (exact) mass is 356 g/mol. The summed E-state index contributed by atoms with van der Waals surface area (Å²) in [5.41, 5.74) is 6.79. The molecule has 3 aromatic rings. The number of nitriles is 1. The van der Waals surface area contributed by atoms with Crippen molar-refractivity contribution in [1.29, 1.82) is 5.26 Å². The topological polar surface area (TPSA) is 72.8 Å². The number of aromatic amines is 1. The van der Waals surface area contributed by atoms with Gasteiger partial charge >= 0.3 is 0 Å². The van der Waals surface area contributed by atoms with Gasteiger partial charge in [-0.2, -0.15) is 5.26 Å². The number of fused-ring (bicyclic) bond motifs is 4. The van der Waals surface area contributed by atoms with Crippen LogP contribution in [0.5, 0.6) is 0 Å². The van der Waals surface area contributed by atoms with Gasteiger partial charge in [0.25, 0.3) is 5.91 Å². The molecule has 2 heterocycles. The third-order valence-electron chi connectivity index (χ3n) is 6.14. The molecule has 1 amide bonds. The number of hydrogen-bond acceptors (Lipinski definition) is 3. The molecule has 1 aliphatic heterocycles. The molecule has 5 nitrogen and oxygen atoms in total. The van der Waals surface area contributed by atoms with Gasteiger partial charge in [0.1, 0.15) is 0 Å². The smallest absolute Gasteiger partial charge is 0.254 e. The van der Waals surface area contributed by atoms with Crippen LogP contribution in [0, 0.1) is 18.3 Å². The van der Waals surface area contributed by atoms with Crippen molar-refractivity contribution in [2.75, 3.05) is 6.54 Å². The fourth-order valence-electron chi connectivity index (χ4n) is 4.81. The second-order valence-electron chi connectivity index (χ2n) is 7.63. The molecule has 1 aromatic heterocycles.